The molecule has 13 heavy (non-hydrogen) atoms. The molecular formula is C10H18ClNO. The Morgan fingerprint density at radius 2 is 1.85 bits per heavy atom. The van der Waals surface area contributed by atoms with Crippen LogP contribution in [0.4, 0.5) is 0 Å². The molecule has 3 heteroatoms. The van der Waals surface area contributed by atoms with Gasteiger partial charge >= 0.3 is 0 Å². The first kappa shape index (κ1) is 9.75. The Morgan fingerprint density at radius 1 is 1.08 bits per heavy atom. The molecule has 4 fully saturated rings. The Morgan fingerprint density at radius 3 is 2.62 bits per heavy atom. The third-order valence-corrected chi connectivity index (χ3v) is 3.86. The molecule has 0 spiro atoms. The first-order chi connectivity index (χ1) is 5.73. The Balaban J connectivity index is 0.000000653. The molecule has 0 aromatic carbocycles. The second-order valence-electron chi connectivity index (χ2n) is 5.13. The molecule has 4 rings (SSSR count). The van der Waals surface area contributed by atoms with Gasteiger partial charge in [0, 0.05) is 12.1 Å². The van der Waals surface area contributed by atoms with Crippen LogP contribution in [0.2, 0.25) is 0 Å². The molecule has 0 unspecified atom stereocenters. The lowest BCUT2D eigenvalue weighted by molar-refractivity contribution is 0.0247. The Labute approximate surface area is 85.6 Å². The highest BCUT2D eigenvalue weighted by molar-refractivity contribution is 5.85. The van der Waals surface area contributed by atoms with Crippen LogP contribution in [0.15, 0.2) is 0 Å². The van der Waals surface area contributed by atoms with E-state index in [-0.39, 0.29) is 17.9 Å². The van der Waals surface area contributed by atoms with Crippen LogP contribution in [-0.2, 0) is 4.74 Å². The van der Waals surface area contributed by atoms with Gasteiger partial charge in [-0.3, -0.25) is 0 Å². The molecule has 2 saturated carbocycles. The van der Waals surface area contributed by atoms with Crippen molar-refractivity contribution < 1.29 is 4.74 Å². The van der Waals surface area contributed by atoms with Gasteiger partial charge in [0.1, 0.15) is 0 Å². The van der Waals surface area contributed by atoms with Crippen molar-refractivity contribution in [3.63, 3.8) is 0 Å². The van der Waals surface area contributed by atoms with Crippen molar-refractivity contribution in [3.05, 3.63) is 0 Å². The van der Waals surface area contributed by atoms with Crippen molar-refractivity contribution in [2.75, 3.05) is 6.61 Å². The minimum atomic E-state index is 0. The summed E-state index contributed by atoms with van der Waals surface area (Å²) in [6.45, 7) is 0.986. The van der Waals surface area contributed by atoms with Crippen molar-refractivity contribution in [3.8, 4) is 0 Å². The Hall–Kier alpha value is 0.210. The molecule has 2 nitrogen and oxygen atoms in total. The molecule has 76 valence electrons. The normalized spacial score (nSPS) is 52.8. The highest BCUT2D eigenvalue weighted by Crippen LogP contribution is 2.47. The molecule has 0 amide bonds. The van der Waals surface area contributed by atoms with E-state index in [4.69, 9.17) is 10.5 Å². The second kappa shape index (κ2) is 3.11. The first-order valence-corrected chi connectivity index (χ1v) is 5.14. The predicted octanol–water partition coefficient (Wildman–Crippen LogP) is 1.71. The van der Waals surface area contributed by atoms with E-state index in [1.54, 1.807) is 0 Å². The lowest BCUT2D eigenvalue weighted by atomic mass is 9.64. The molecule has 2 aliphatic heterocycles. The highest BCUT2D eigenvalue weighted by atomic mass is 35.5. The van der Waals surface area contributed by atoms with Crippen molar-refractivity contribution in [1.82, 2.24) is 0 Å². The molecule has 4 aliphatic rings. The standard InChI is InChI=1S/C10H17NO.ClH/c11-10-3-7-1-8(4-10)6-12-9(2-7)5-10;/h7-9H,1-6,11H2;1H/t7-,8-,9+,10-;/m0./s1. The smallest absolute Gasteiger partial charge is 0.0595 e. The zero-order chi connectivity index (χ0) is 8.18. The van der Waals surface area contributed by atoms with Crippen molar-refractivity contribution >= 4 is 12.4 Å². The number of hydrogen-bond acceptors (Lipinski definition) is 2. The molecule has 2 N–H and O–H groups in total. The van der Waals surface area contributed by atoms with Crippen LogP contribution in [0.25, 0.3) is 0 Å². The van der Waals surface area contributed by atoms with Gasteiger partial charge in [0.25, 0.3) is 0 Å². The van der Waals surface area contributed by atoms with Crippen LogP contribution >= 0.6 is 12.4 Å². The topological polar surface area (TPSA) is 35.2 Å². The van der Waals surface area contributed by atoms with Crippen LogP contribution < -0.4 is 5.73 Å². The van der Waals surface area contributed by atoms with E-state index in [9.17, 15) is 0 Å². The van der Waals surface area contributed by atoms with Gasteiger partial charge in [-0.2, -0.15) is 0 Å². The summed E-state index contributed by atoms with van der Waals surface area (Å²) in [4.78, 5) is 0. The largest absolute Gasteiger partial charge is 0.378 e. The molecule has 2 heterocycles. The fourth-order valence-corrected chi connectivity index (χ4v) is 3.65. The minimum Gasteiger partial charge on any atom is -0.378 e. The first-order valence-electron chi connectivity index (χ1n) is 5.14. The van der Waals surface area contributed by atoms with E-state index in [1.807, 2.05) is 0 Å². The van der Waals surface area contributed by atoms with Gasteiger partial charge in [-0.15, -0.1) is 12.4 Å². The number of rotatable bonds is 0. The van der Waals surface area contributed by atoms with E-state index in [2.05, 4.69) is 0 Å². The second-order valence-corrected chi connectivity index (χ2v) is 5.13. The van der Waals surface area contributed by atoms with Crippen LogP contribution in [0.3, 0.4) is 0 Å². The zero-order valence-electron chi connectivity index (χ0n) is 7.87. The Bertz CT molecular complexity index is 193. The van der Waals surface area contributed by atoms with Gasteiger partial charge < -0.3 is 10.5 Å². The van der Waals surface area contributed by atoms with Gasteiger partial charge in [0.05, 0.1) is 6.10 Å². The molecule has 0 aromatic rings. The number of nitrogens with two attached hydrogens (primary N) is 1. The maximum atomic E-state index is 6.34. The fourth-order valence-electron chi connectivity index (χ4n) is 3.65. The summed E-state index contributed by atoms with van der Waals surface area (Å²) >= 11 is 0. The van der Waals surface area contributed by atoms with Gasteiger partial charge in [0.15, 0.2) is 0 Å². The lowest BCUT2D eigenvalue weighted by Crippen LogP contribution is -2.51. The third kappa shape index (κ3) is 1.60. The van der Waals surface area contributed by atoms with E-state index >= 15 is 0 Å². The molecule has 2 aliphatic carbocycles. The van der Waals surface area contributed by atoms with Crippen LogP contribution in [0.1, 0.15) is 32.1 Å². The number of ether oxygens (including phenoxy) is 1. The van der Waals surface area contributed by atoms with Crippen LogP contribution in [0, 0.1) is 11.8 Å². The lowest BCUT2D eigenvalue weighted by Gasteiger charge is -2.44. The van der Waals surface area contributed by atoms with Gasteiger partial charge in [0.2, 0.25) is 0 Å². The average molecular weight is 204 g/mol. The summed E-state index contributed by atoms with van der Waals surface area (Å²) < 4.78 is 5.81. The average Bonchev–Trinajstić information content (AvgIpc) is 2.14. The summed E-state index contributed by atoms with van der Waals surface area (Å²) in [5.41, 5.74) is 6.50. The number of hydrogen-bond donors (Lipinski definition) is 1. The molecule has 0 aromatic heterocycles. The van der Waals surface area contributed by atoms with Crippen LogP contribution in [-0.4, -0.2) is 18.2 Å². The summed E-state index contributed by atoms with van der Waals surface area (Å²) in [6.07, 6.45) is 6.79. The van der Waals surface area contributed by atoms with Gasteiger partial charge in [-0.1, -0.05) is 0 Å². The van der Waals surface area contributed by atoms with E-state index in [0.29, 0.717) is 6.10 Å². The minimum absolute atomic E-state index is 0. The SMILES string of the molecule is Cl.N[C@]12C[C@H]3CO[C@H](C[C@H](C3)C1)C2. The zero-order valence-corrected chi connectivity index (χ0v) is 8.69. The summed E-state index contributed by atoms with van der Waals surface area (Å²) in [5.74, 6) is 1.66. The van der Waals surface area contributed by atoms with E-state index in [0.717, 1.165) is 24.9 Å². The quantitative estimate of drug-likeness (QED) is 0.651. The predicted molar refractivity (Wildman–Crippen MR) is 54.0 cm³/mol. The van der Waals surface area contributed by atoms with Crippen LogP contribution in [0.5, 0.6) is 0 Å². The molecular weight excluding hydrogens is 186 g/mol. The summed E-state index contributed by atoms with van der Waals surface area (Å²) in [6, 6.07) is 0. The number of halogens is 1. The summed E-state index contributed by atoms with van der Waals surface area (Å²) in [7, 11) is 0. The maximum Gasteiger partial charge on any atom is 0.0595 e. The monoisotopic (exact) mass is 203 g/mol. The number of fused-ring (bicyclic) bond motifs is 1. The Kier molecular flexibility index (Phi) is 2.33. The van der Waals surface area contributed by atoms with Gasteiger partial charge in [-0.25, -0.2) is 0 Å². The van der Waals surface area contributed by atoms with Crippen molar-refractivity contribution in [2.45, 2.75) is 43.7 Å². The van der Waals surface area contributed by atoms with E-state index < -0.39 is 0 Å². The summed E-state index contributed by atoms with van der Waals surface area (Å²) in [5, 5.41) is 0. The fraction of sp³-hybridized carbons (Fsp3) is 1.00. The van der Waals surface area contributed by atoms with Crippen molar-refractivity contribution in [2.24, 2.45) is 17.6 Å². The van der Waals surface area contributed by atoms with Gasteiger partial charge in [-0.05, 0) is 43.9 Å². The van der Waals surface area contributed by atoms with Crippen molar-refractivity contribution in [1.29, 1.82) is 0 Å². The molecule has 2 saturated heterocycles. The van der Waals surface area contributed by atoms with E-state index in [1.165, 1.54) is 25.7 Å². The molecule has 0 radical (unpaired) electrons. The molecule has 4 atom stereocenters. The molecule has 4 bridgehead atoms. The maximum absolute atomic E-state index is 6.34. The highest BCUT2D eigenvalue weighted by Gasteiger charge is 2.46. The third-order valence-electron chi connectivity index (χ3n) is 3.86.